The number of hydrogen-bond donors (Lipinski definition) is 1. The van der Waals surface area contributed by atoms with Crippen LogP contribution < -0.4 is 10.2 Å². The molecular formula is C23H25N3O2. The summed E-state index contributed by atoms with van der Waals surface area (Å²) in [5.74, 6) is 0.354. The second-order valence-electron chi connectivity index (χ2n) is 6.88. The normalized spacial score (nSPS) is 11.0. The number of aromatic nitrogens is 1. The standard InChI is InChI=1S/C23H25N3O2/c1-15-9-10-22(16(2)11-15)26-17(3)12-20(18(26)4)14-24-25-23(27)19-7-6-8-21(13-19)28-5/h6-14H,1-5H3,(H,25,27)/b24-14-. The Kier molecular flexibility index (Phi) is 5.64. The van der Waals surface area contributed by atoms with Gasteiger partial charge in [0.25, 0.3) is 5.91 Å². The van der Waals surface area contributed by atoms with Crippen LogP contribution in [0.1, 0.15) is 38.4 Å². The number of rotatable bonds is 5. The van der Waals surface area contributed by atoms with Crippen molar-refractivity contribution >= 4 is 12.1 Å². The summed E-state index contributed by atoms with van der Waals surface area (Å²) in [7, 11) is 1.57. The van der Waals surface area contributed by atoms with E-state index in [1.807, 2.05) is 0 Å². The van der Waals surface area contributed by atoms with Gasteiger partial charge in [-0.05, 0) is 63.6 Å². The number of nitrogens with one attached hydrogen (secondary N) is 1. The predicted octanol–water partition coefficient (Wildman–Crippen LogP) is 4.48. The fraction of sp³-hybridized carbons (Fsp3) is 0.217. The Morgan fingerprint density at radius 3 is 2.57 bits per heavy atom. The molecule has 144 valence electrons. The zero-order valence-electron chi connectivity index (χ0n) is 16.9. The number of carbonyl (C=O) groups excluding carboxylic acids is 1. The van der Waals surface area contributed by atoms with Gasteiger partial charge in [0.05, 0.1) is 13.3 Å². The number of aryl methyl sites for hydroxylation is 3. The first kappa shape index (κ1) is 19.4. The highest BCUT2D eigenvalue weighted by Crippen LogP contribution is 2.23. The summed E-state index contributed by atoms with van der Waals surface area (Å²) in [5, 5.41) is 4.14. The van der Waals surface area contributed by atoms with Crippen molar-refractivity contribution in [1.29, 1.82) is 0 Å². The third kappa shape index (κ3) is 3.98. The van der Waals surface area contributed by atoms with Crippen molar-refractivity contribution in [2.24, 2.45) is 5.10 Å². The number of hydrazone groups is 1. The van der Waals surface area contributed by atoms with E-state index < -0.39 is 0 Å². The molecule has 0 unspecified atom stereocenters. The highest BCUT2D eigenvalue weighted by Gasteiger charge is 2.11. The van der Waals surface area contributed by atoms with Crippen LogP contribution in [0.4, 0.5) is 0 Å². The molecule has 2 aromatic carbocycles. The summed E-state index contributed by atoms with van der Waals surface area (Å²) in [6.07, 6.45) is 1.68. The van der Waals surface area contributed by atoms with Gasteiger partial charge in [-0.25, -0.2) is 5.43 Å². The van der Waals surface area contributed by atoms with Gasteiger partial charge in [0.2, 0.25) is 0 Å². The largest absolute Gasteiger partial charge is 0.497 e. The number of benzene rings is 2. The van der Waals surface area contributed by atoms with E-state index in [1.54, 1.807) is 37.6 Å². The van der Waals surface area contributed by atoms with Gasteiger partial charge in [-0.1, -0.05) is 23.8 Å². The molecule has 0 fully saturated rings. The fourth-order valence-corrected chi connectivity index (χ4v) is 3.33. The Morgan fingerprint density at radius 1 is 1.07 bits per heavy atom. The molecule has 0 aliphatic heterocycles. The van der Waals surface area contributed by atoms with E-state index >= 15 is 0 Å². The third-order valence-electron chi connectivity index (χ3n) is 4.77. The molecule has 0 saturated carbocycles. The van der Waals surface area contributed by atoms with E-state index in [1.165, 1.54) is 11.1 Å². The monoisotopic (exact) mass is 375 g/mol. The minimum absolute atomic E-state index is 0.279. The summed E-state index contributed by atoms with van der Waals surface area (Å²) in [5.41, 5.74) is 9.84. The molecule has 1 N–H and O–H groups in total. The molecule has 28 heavy (non-hydrogen) atoms. The molecule has 0 aliphatic rings. The Morgan fingerprint density at radius 2 is 1.86 bits per heavy atom. The van der Waals surface area contributed by atoms with Gasteiger partial charge in [-0.15, -0.1) is 0 Å². The van der Waals surface area contributed by atoms with Crippen molar-refractivity contribution in [3.05, 3.63) is 82.2 Å². The first-order valence-electron chi connectivity index (χ1n) is 9.14. The van der Waals surface area contributed by atoms with E-state index in [2.05, 4.69) is 67.1 Å². The van der Waals surface area contributed by atoms with Gasteiger partial charge in [-0.2, -0.15) is 5.10 Å². The molecule has 1 aromatic heterocycles. The third-order valence-corrected chi connectivity index (χ3v) is 4.77. The number of carbonyl (C=O) groups is 1. The van der Waals surface area contributed by atoms with Gasteiger partial charge < -0.3 is 9.30 Å². The molecule has 0 atom stereocenters. The van der Waals surface area contributed by atoms with E-state index in [4.69, 9.17) is 4.74 Å². The molecule has 5 heteroatoms. The number of nitrogens with zero attached hydrogens (tertiary/aromatic N) is 2. The van der Waals surface area contributed by atoms with Gasteiger partial charge in [0.1, 0.15) is 5.75 Å². The van der Waals surface area contributed by atoms with Crippen LogP contribution in [0.2, 0.25) is 0 Å². The molecular weight excluding hydrogens is 350 g/mol. The maximum atomic E-state index is 12.3. The molecule has 3 aromatic rings. The van der Waals surface area contributed by atoms with Crippen LogP contribution in [0, 0.1) is 27.7 Å². The van der Waals surface area contributed by atoms with Crippen molar-refractivity contribution in [2.75, 3.05) is 7.11 Å². The second kappa shape index (κ2) is 8.13. The SMILES string of the molecule is COc1cccc(C(=O)N/N=C\c2cc(C)n(-c3ccc(C)cc3C)c2C)c1. The highest BCUT2D eigenvalue weighted by atomic mass is 16.5. The lowest BCUT2D eigenvalue weighted by atomic mass is 10.1. The minimum atomic E-state index is -0.279. The number of methoxy groups -OCH3 is 1. The van der Waals surface area contributed by atoms with Crippen molar-refractivity contribution in [3.63, 3.8) is 0 Å². The van der Waals surface area contributed by atoms with E-state index in [0.29, 0.717) is 11.3 Å². The molecule has 0 radical (unpaired) electrons. The molecule has 0 spiro atoms. The topological polar surface area (TPSA) is 55.6 Å². The summed E-state index contributed by atoms with van der Waals surface area (Å²) in [6, 6.07) is 15.5. The zero-order valence-corrected chi connectivity index (χ0v) is 16.9. The lowest BCUT2D eigenvalue weighted by Gasteiger charge is -2.13. The van der Waals surface area contributed by atoms with Crippen LogP contribution in [0.25, 0.3) is 5.69 Å². The summed E-state index contributed by atoms with van der Waals surface area (Å²) in [6.45, 7) is 8.33. The Hall–Kier alpha value is -3.34. The Balaban J connectivity index is 1.80. The average molecular weight is 375 g/mol. The van der Waals surface area contributed by atoms with Gasteiger partial charge in [-0.3, -0.25) is 4.79 Å². The summed E-state index contributed by atoms with van der Waals surface area (Å²) < 4.78 is 7.36. The van der Waals surface area contributed by atoms with Crippen LogP contribution in [0.3, 0.4) is 0 Å². The maximum absolute atomic E-state index is 12.3. The zero-order chi connectivity index (χ0) is 20.3. The number of ether oxygens (including phenoxy) is 1. The molecule has 5 nitrogen and oxygen atoms in total. The molecule has 1 heterocycles. The molecule has 0 bridgehead atoms. The van der Waals surface area contributed by atoms with Gasteiger partial charge >= 0.3 is 0 Å². The van der Waals surface area contributed by atoms with Crippen LogP contribution in [0.5, 0.6) is 5.75 Å². The predicted molar refractivity (Wildman–Crippen MR) is 113 cm³/mol. The highest BCUT2D eigenvalue weighted by molar-refractivity contribution is 5.95. The van der Waals surface area contributed by atoms with Crippen molar-refractivity contribution in [3.8, 4) is 11.4 Å². The molecule has 1 amide bonds. The lowest BCUT2D eigenvalue weighted by molar-refractivity contribution is 0.0955. The summed E-state index contributed by atoms with van der Waals surface area (Å²) >= 11 is 0. The number of amides is 1. The van der Waals surface area contributed by atoms with Crippen molar-refractivity contribution in [1.82, 2.24) is 9.99 Å². The minimum Gasteiger partial charge on any atom is -0.497 e. The quantitative estimate of drug-likeness (QED) is 0.528. The van der Waals surface area contributed by atoms with Crippen molar-refractivity contribution in [2.45, 2.75) is 27.7 Å². The van der Waals surface area contributed by atoms with Gasteiger partial charge in [0.15, 0.2) is 0 Å². The average Bonchev–Trinajstić information content (AvgIpc) is 2.95. The Labute approximate surface area is 165 Å². The Bertz CT molecular complexity index is 1050. The number of hydrogen-bond acceptors (Lipinski definition) is 3. The smallest absolute Gasteiger partial charge is 0.271 e. The van der Waals surface area contributed by atoms with Crippen LogP contribution >= 0.6 is 0 Å². The second-order valence-corrected chi connectivity index (χ2v) is 6.88. The van der Waals surface area contributed by atoms with Gasteiger partial charge in [0, 0.05) is 28.2 Å². The first-order valence-corrected chi connectivity index (χ1v) is 9.14. The van der Waals surface area contributed by atoms with E-state index in [0.717, 1.165) is 22.6 Å². The molecule has 0 saturated heterocycles. The van der Waals surface area contributed by atoms with E-state index in [-0.39, 0.29) is 5.91 Å². The van der Waals surface area contributed by atoms with E-state index in [9.17, 15) is 4.79 Å². The van der Waals surface area contributed by atoms with Crippen LogP contribution in [-0.4, -0.2) is 23.8 Å². The first-order chi connectivity index (χ1) is 13.4. The maximum Gasteiger partial charge on any atom is 0.271 e. The van der Waals surface area contributed by atoms with Crippen LogP contribution in [0.15, 0.2) is 53.6 Å². The summed E-state index contributed by atoms with van der Waals surface area (Å²) in [4.78, 5) is 12.3. The molecule has 0 aliphatic carbocycles. The molecule has 3 rings (SSSR count). The van der Waals surface area contributed by atoms with Crippen molar-refractivity contribution < 1.29 is 9.53 Å². The fourth-order valence-electron chi connectivity index (χ4n) is 3.33. The lowest BCUT2D eigenvalue weighted by Crippen LogP contribution is -2.17. The van der Waals surface area contributed by atoms with Crippen LogP contribution in [-0.2, 0) is 0 Å².